The second-order valence-electron chi connectivity index (χ2n) is 5.48. The van der Waals surface area contributed by atoms with E-state index in [1.807, 2.05) is 6.33 Å². The molecule has 0 N–H and O–H groups in total. The topological polar surface area (TPSA) is 38.1 Å². The predicted octanol–water partition coefficient (Wildman–Crippen LogP) is 2.94. The zero-order valence-corrected chi connectivity index (χ0v) is 13.7. The van der Waals surface area contributed by atoms with Crippen LogP contribution < -0.4 is 0 Å². The van der Waals surface area contributed by atoms with E-state index in [1.165, 1.54) is 12.1 Å². The van der Waals surface area contributed by atoms with Gasteiger partial charge in [0, 0.05) is 23.9 Å². The molecule has 4 rings (SSSR count). The summed E-state index contributed by atoms with van der Waals surface area (Å²) in [6.07, 6.45) is 6.19. The highest BCUT2D eigenvalue weighted by Gasteiger charge is 2.37. The highest BCUT2D eigenvalue weighted by atomic mass is 127. The van der Waals surface area contributed by atoms with Crippen LogP contribution >= 0.6 is 34.2 Å². The van der Waals surface area contributed by atoms with Crippen LogP contribution in [0.2, 0.25) is 0 Å². The van der Waals surface area contributed by atoms with Gasteiger partial charge < -0.3 is 4.57 Å². The molecule has 1 fully saturated rings. The monoisotopic (exact) mass is 401 g/mol. The van der Waals surface area contributed by atoms with Gasteiger partial charge >= 0.3 is 0 Å². The van der Waals surface area contributed by atoms with E-state index in [0.717, 1.165) is 34.5 Å². The van der Waals surface area contributed by atoms with Crippen LogP contribution in [0.25, 0.3) is 5.70 Å². The summed E-state index contributed by atoms with van der Waals surface area (Å²) in [5, 5.41) is 0.596. The molecule has 0 aromatic carbocycles. The molecule has 0 saturated carbocycles. The maximum atomic E-state index is 11.9. The summed E-state index contributed by atoms with van der Waals surface area (Å²) in [6.45, 7) is 1.92. The number of carbonyl (C=O) groups is 1. The number of halogens is 2. The lowest BCUT2D eigenvalue weighted by Crippen LogP contribution is -2.25. The zero-order chi connectivity index (χ0) is 13.9. The van der Waals surface area contributed by atoms with Gasteiger partial charge in [0.25, 0.3) is 0 Å². The van der Waals surface area contributed by atoms with Crippen molar-refractivity contribution in [3.05, 3.63) is 32.4 Å². The minimum atomic E-state index is 0.0745. The molecule has 1 saturated heterocycles. The number of aromatic nitrogens is 2. The van der Waals surface area contributed by atoms with E-state index in [9.17, 15) is 4.79 Å². The Bertz CT molecular complexity index is 676. The molecule has 1 aliphatic carbocycles. The number of allylic oxidation sites excluding steroid dienone is 2. The molecule has 0 unspecified atom stereocenters. The van der Waals surface area contributed by atoms with Crippen molar-refractivity contribution in [2.45, 2.75) is 25.3 Å². The van der Waals surface area contributed by atoms with Gasteiger partial charge in [-0.2, -0.15) is 0 Å². The molecule has 3 heterocycles. The second-order valence-corrected chi connectivity index (χ2v) is 6.91. The highest BCUT2D eigenvalue weighted by molar-refractivity contribution is 14.1. The highest BCUT2D eigenvalue weighted by Crippen LogP contribution is 2.42. The normalized spacial score (nSPS) is 26.0. The first kappa shape index (κ1) is 13.0. The number of ketones is 1. The first-order chi connectivity index (χ1) is 9.65. The quantitative estimate of drug-likeness (QED) is 0.628. The van der Waals surface area contributed by atoms with E-state index in [0.29, 0.717) is 17.5 Å². The molecule has 0 radical (unpaired) electrons. The predicted molar refractivity (Wildman–Crippen MR) is 85.3 cm³/mol. The van der Waals surface area contributed by atoms with Gasteiger partial charge in [0.05, 0.1) is 23.2 Å². The van der Waals surface area contributed by atoms with Crippen LogP contribution in [0.3, 0.4) is 0 Å². The van der Waals surface area contributed by atoms with Crippen LogP contribution in [-0.4, -0.2) is 33.3 Å². The van der Waals surface area contributed by atoms with Gasteiger partial charge in [0.2, 0.25) is 0 Å². The number of hydrogen-bond donors (Lipinski definition) is 0. The van der Waals surface area contributed by atoms with Crippen molar-refractivity contribution in [2.75, 3.05) is 13.1 Å². The van der Waals surface area contributed by atoms with Crippen LogP contribution in [0, 0.1) is 3.70 Å². The number of carbonyl (C=O) groups excluding carboxylic acids is 1. The molecule has 104 valence electrons. The minimum Gasteiger partial charge on any atom is -0.303 e. The van der Waals surface area contributed by atoms with Gasteiger partial charge in [-0.3, -0.25) is 9.69 Å². The Labute approximate surface area is 135 Å². The van der Waals surface area contributed by atoms with Gasteiger partial charge in [0.1, 0.15) is 10.0 Å². The number of nitrogens with zero attached hydrogens (tertiary/aromatic N) is 3. The Morgan fingerprint density at radius 3 is 3.15 bits per heavy atom. The maximum absolute atomic E-state index is 11.9. The van der Waals surface area contributed by atoms with E-state index in [1.54, 1.807) is 6.08 Å². The van der Waals surface area contributed by atoms with Crippen molar-refractivity contribution < 1.29 is 4.79 Å². The van der Waals surface area contributed by atoms with Crippen molar-refractivity contribution in [1.82, 2.24) is 14.5 Å². The van der Waals surface area contributed by atoms with Crippen molar-refractivity contribution in [1.29, 1.82) is 0 Å². The molecule has 4 nitrogen and oxygen atoms in total. The second kappa shape index (κ2) is 4.68. The number of fused-ring (bicyclic) bond motifs is 4. The summed E-state index contributed by atoms with van der Waals surface area (Å²) in [5.41, 5.74) is 3.33. The fraction of sp³-hybridized carbons (Fsp3) is 0.429. The fourth-order valence-corrected chi connectivity index (χ4v) is 4.50. The molecule has 0 bridgehead atoms. The first-order valence-electron chi connectivity index (χ1n) is 6.74. The average Bonchev–Trinajstić information content (AvgIpc) is 2.96. The molecule has 3 aliphatic rings. The van der Waals surface area contributed by atoms with Crippen LogP contribution in [-0.2, 0) is 4.79 Å². The molecule has 1 aromatic rings. The van der Waals surface area contributed by atoms with E-state index < -0.39 is 0 Å². The van der Waals surface area contributed by atoms with Crippen LogP contribution in [0.1, 0.15) is 31.0 Å². The van der Waals surface area contributed by atoms with E-state index >= 15 is 0 Å². The third kappa shape index (κ3) is 1.83. The van der Waals surface area contributed by atoms with Crippen LogP contribution in [0.5, 0.6) is 0 Å². The molecule has 6 heteroatoms. The van der Waals surface area contributed by atoms with Crippen LogP contribution in [0.15, 0.2) is 23.0 Å². The van der Waals surface area contributed by atoms with Gasteiger partial charge in [-0.25, -0.2) is 4.98 Å². The summed E-state index contributed by atoms with van der Waals surface area (Å²) < 4.78 is 3.15. The summed E-state index contributed by atoms with van der Waals surface area (Å²) >= 11 is 8.63. The zero-order valence-electron chi connectivity index (χ0n) is 10.8. The van der Waals surface area contributed by atoms with Crippen LogP contribution in [0.4, 0.5) is 0 Å². The summed E-state index contributed by atoms with van der Waals surface area (Å²) in [7, 11) is 0. The molecular weight excluding hydrogens is 389 g/mol. The lowest BCUT2D eigenvalue weighted by molar-refractivity contribution is -0.113. The maximum Gasteiger partial charge on any atom is 0.163 e. The smallest absolute Gasteiger partial charge is 0.163 e. The Hall–Kier alpha value is -0.660. The third-order valence-electron chi connectivity index (χ3n) is 4.35. The Kier molecular flexibility index (Phi) is 3.05. The first-order valence-corrected chi connectivity index (χ1v) is 8.20. The molecule has 1 atom stereocenters. The van der Waals surface area contributed by atoms with E-state index in [-0.39, 0.29) is 5.78 Å². The molecule has 20 heavy (non-hydrogen) atoms. The van der Waals surface area contributed by atoms with E-state index in [4.69, 9.17) is 11.6 Å². The molecule has 1 aromatic heterocycles. The van der Waals surface area contributed by atoms with Crippen molar-refractivity contribution in [3.63, 3.8) is 0 Å². The fourth-order valence-electron chi connectivity index (χ4n) is 3.46. The Morgan fingerprint density at radius 1 is 1.45 bits per heavy atom. The number of rotatable bonds is 0. The summed E-state index contributed by atoms with van der Waals surface area (Å²) in [5.74, 6) is 0.0745. The number of hydrogen-bond acceptors (Lipinski definition) is 3. The average molecular weight is 402 g/mol. The van der Waals surface area contributed by atoms with Crippen molar-refractivity contribution in [3.8, 4) is 0 Å². The summed E-state index contributed by atoms with van der Waals surface area (Å²) in [4.78, 5) is 18.8. The largest absolute Gasteiger partial charge is 0.303 e. The summed E-state index contributed by atoms with van der Waals surface area (Å²) in [6, 6.07) is 0.398. The van der Waals surface area contributed by atoms with Crippen molar-refractivity contribution >= 4 is 45.7 Å². The minimum absolute atomic E-state index is 0.0745. The van der Waals surface area contributed by atoms with Gasteiger partial charge in [0.15, 0.2) is 5.78 Å². The molecule has 0 spiro atoms. The Balaban J connectivity index is 1.95. The molecular formula is C14H13ClIN3O. The lowest BCUT2D eigenvalue weighted by atomic mass is 10.0. The molecule has 0 amide bonds. The standard InChI is InChI=1S/C14H13ClIN3O/c15-10-4-8(20)5-12-9(10)6-18-3-1-2-11(18)13-14(16)17-7-19(12)13/h4,7,11H,1-3,5-6H2/t11-/m0/s1. The van der Waals surface area contributed by atoms with Gasteiger partial charge in [-0.15, -0.1) is 0 Å². The lowest BCUT2D eigenvalue weighted by Gasteiger charge is -2.23. The Morgan fingerprint density at radius 2 is 2.30 bits per heavy atom. The van der Waals surface area contributed by atoms with Gasteiger partial charge in [-0.1, -0.05) is 11.6 Å². The van der Waals surface area contributed by atoms with Crippen molar-refractivity contribution in [2.24, 2.45) is 0 Å². The van der Waals surface area contributed by atoms with Gasteiger partial charge in [-0.05, 0) is 42.0 Å². The third-order valence-corrected chi connectivity index (χ3v) is 5.52. The SMILES string of the molecule is O=C1C=C(Cl)C2=C(C1)n1cnc(I)c1[C@@H]1CCCN1C2. The van der Waals surface area contributed by atoms with E-state index in [2.05, 4.69) is 37.0 Å². The molecule has 2 aliphatic heterocycles. The number of imidazole rings is 1.